The summed E-state index contributed by atoms with van der Waals surface area (Å²) in [5, 5.41) is 0. The van der Waals surface area contributed by atoms with E-state index in [-0.39, 0.29) is 32.6 Å². The molecule has 9 nitrogen and oxygen atoms in total. The monoisotopic (exact) mass is 822 g/mol. The van der Waals surface area contributed by atoms with Gasteiger partial charge >= 0.3 is 19.8 Å². The van der Waals surface area contributed by atoms with Crippen LogP contribution in [-0.4, -0.2) is 49.3 Å². The number of unbranched alkanes of at least 4 members (excludes halogenated alkanes) is 22. The molecule has 0 saturated carbocycles. The first-order chi connectivity index (χ1) is 27.8. The van der Waals surface area contributed by atoms with Gasteiger partial charge in [0.05, 0.1) is 13.2 Å². The molecule has 2 atom stereocenters. The lowest BCUT2D eigenvalue weighted by Crippen LogP contribution is -2.29. The number of rotatable bonds is 42. The van der Waals surface area contributed by atoms with E-state index in [1.165, 1.54) is 103 Å². The lowest BCUT2D eigenvalue weighted by Gasteiger charge is -2.19. The van der Waals surface area contributed by atoms with E-state index in [1.54, 1.807) is 0 Å². The summed E-state index contributed by atoms with van der Waals surface area (Å²) in [6.45, 7) is 3.54. The lowest BCUT2D eigenvalue weighted by molar-refractivity contribution is -0.161. The zero-order chi connectivity index (χ0) is 41.8. The van der Waals surface area contributed by atoms with Crippen LogP contribution in [0.1, 0.15) is 194 Å². The minimum atomic E-state index is -4.39. The molecule has 0 aromatic rings. The van der Waals surface area contributed by atoms with Crippen molar-refractivity contribution in [3.63, 3.8) is 0 Å². The van der Waals surface area contributed by atoms with E-state index in [4.69, 9.17) is 24.3 Å². The van der Waals surface area contributed by atoms with Crippen LogP contribution in [0, 0.1) is 0 Å². The second-order valence-corrected chi connectivity index (χ2v) is 16.4. The summed E-state index contributed by atoms with van der Waals surface area (Å²) in [7, 11) is -4.39. The summed E-state index contributed by atoms with van der Waals surface area (Å²) in [5.74, 6) is -0.881. The van der Waals surface area contributed by atoms with Crippen molar-refractivity contribution in [2.75, 3.05) is 26.4 Å². The van der Waals surface area contributed by atoms with Crippen LogP contribution in [0.2, 0.25) is 0 Å². The molecule has 0 spiro atoms. The molecular weight excluding hydrogens is 737 g/mol. The molecule has 0 aliphatic heterocycles. The lowest BCUT2D eigenvalue weighted by atomic mass is 10.0. The van der Waals surface area contributed by atoms with Gasteiger partial charge in [0.1, 0.15) is 6.61 Å². The molecule has 0 aliphatic rings. The van der Waals surface area contributed by atoms with E-state index < -0.39 is 32.5 Å². The predicted molar refractivity (Wildman–Crippen MR) is 238 cm³/mol. The molecular formula is C47H84NO8P. The van der Waals surface area contributed by atoms with E-state index >= 15 is 0 Å². The summed E-state index contributed by atoms with van der Waals surface area (Å²) in [5.41, 5.74) is 5.34. The normalized spacial score (nSPS) is 13.8. The van der Waals surface area contributed by atoms with Crippen molar-refractivity contribution in [1.82, 2.24) is 0 Å². The van der Waals surface area contributed by atoms with E-state index in [0.29, 0.717) is 6.42 Å². The third kappa shape index (κ3) is 43.1. The first kappa shape index (κ1) is 54.7. The van der Waals surface area contributed by atoms with Gasteiger partial charge in [-0.15, -0.1) is 0 Å². The molecule has 0 saturated heterocycles. The smallest absolute Gasteiger partial charge is 0.462 e. The fourth-order valence-corrected chi connectivity index (χ4v) is 6.88. The topological polar surface area (TPSA) is 134 Å². The Labute approximate surface area is 349 Å². The third-order valence-electron chi connectivity index (χ3n) is 9.48. The van der Waals surface area contributed by atoms with Crippen LogP contribution >= 0.6 is 7.82 Å². The van der Waals surface area contributed by atoms with E-state index in [0.717, 1.165) is 57.8 Å². The molecule has 0 aliphatic carbocycles. The van der Waals surface area contributed by atoms with E-state index in [9.17, 15) is 19.0 Å². The Morgan fingerprint density at radius 3 is 1.51 bits per heavy atom. The number of ether oxygens (including phenoxy) is 2. The Balaban J connectivity index is 4.09. The molecule has 0 amide bonds. The van der Waals surface area contributed by atoms with Gasteiger partial charge in [-0.25, -0.2) is 4.57 Å². The fourth-order valence-electron chi connectivity index (χ4n) is 6.11. The molecule has 0 heterocycles. The van der Waals surface area contributed by atoms with Gasteiger partial charge in [0.2, 0.25) is 0 Å². The van der Waals surface area contributed by atoms with E-state index in [2.05, 4.69) is 38.2 Å². The summed E-state index contributed by atoms with van der Waals surface area (Å²) < 4.78 is 32.7. The van der Waals surface area contributed by atoms with Gasteiger partial charge in [0, 0.05) is 19.4 Å². The van der Waals surface area contributed by atoms with Crippen molar-refractivity contribution in [2.45, 2.75) is 200 Å². The number of phosphoric ester groups is 1. The van der Waals surface area contributed by atoms with Crippen LogP contribution < -0.4 is 5.73 Å². The number of carbonyl (C=O) groups is 2. The predicted octanol–water partition coefficient (Wildman–Crippen LogP) is 13.3. The van der Waals surface area contributed by atoms with Gasteiger partial charge in [-0.1, -0.05) is 184 Å². The first-order valence-corrected chi connectivity index (χ1v) is 24.3. The van der Waals surface area contributed by atoms with Gasteiger partial charge in [-0.3, -0.25) is 18.6 Å². The largest absolute Gasteiger partial charge is 0.472 e. The Morgan fingerprint density at radius 1 is 0.544 bits per heavy atom. The van der Waals surface area contributed by atoms with Crippen LogP contribution in [0.5, 0.6) is 0 Å². The molecule has 0 aromatic carbocycles. The highest BCUT2D eigenvalue weighted by atomic mass is 31.2. The molecule has 57 heavy (non-hydrogen) atoms. The van der Waals surface area contributed by atoms with E-state index in [1.807, 2.05) is 36.5 Å². The van der Waals surface area contributed by atoms with Crippen molar-refractivity contribution in [2.24, 2.45) is 5.73 Å². The molecule has 0 radical (unpaired) electrons. The molecule has 3 N–H and O–H groups in total. The fraction of sp³-hybridized carbons (Fsp3) is 0.745. The van der Waals surface area contributed by atoms with Gasteiger partial charge in [0.25, 0.3) is 0 Å². The average Bonchev–Trinajstić information content (AvgIpc) is 3.20. The molecule has 10 heteroatoms. The number of nitrogens with two attached hydrogens (primary N) is 1. The summed E-state index contributed by atoms with van der Waals surface area (Å²) in [6.07, 6.45) is 51.3. The van der Waals surface area contributed by atoms with Crippen molar-refractivity contribution in [1.29, 1.82) is 0 Å². The van der Waals surface area contributed by atoms with Crippen molar-refractivity contribution >= 4 is 19.8 Å². The molecule has 0 rings (SSSR count). The van der Waals surface area contributed by atoms with Gasteiger partial charge < -0.3 is 20.1 Å². The zero-order valence-electron chi connectivity index (χ0n) is 36.3. The molecule has 0 aromatic heterocycles. The number of hydrogen-bond acceptors (Lipinski definition) is 8. The SMILES string of the molecule is CC/C=C/C=C/C=C/C=C/CCCCCC(=O)OC(COC(=O)CCCCCCCCC/C=C/CCCCCCCCCCCCCC)COP(=O)(O)OCCN. The highest BCUT2D eigenvalue weighted by Crippen LogP contribution is 2.43. The van der Waals surface area contributed by atoms with Gasteiger partial charge in [0.15, 0.2) is 6.10 Å². The Kier molecular flexibility index (Phi) is 41.6. The number of esters is 2. The van der Waals surface area contributed by atoms with Crippen molar-refractivity contribution in [3.05, 3.63) is 60.8 Å². The second-order valence-electron chi connectivity index (χ2n) is 15.0. The van der Waals surface area contributed by atoms with Crippen molar-refractivity contribution < 1.29 is 37.6 Å². The van der Waals surface area contributed by atoms with Crippen LogP contribution in [0.15, 0.2) is 60.8 Å². The highest BCUT2D eigenvalue weighted by molar-refractivity contribution is 7.47. The Morgan fingerprint density at radius 2 is 0.982 bits per heavy atom. The zero-order valence-corrected chi connectivity index (χ0v) is 37.2. The average molecular weight is 822 g/mol. The third-order valence-corrected chi connectivity index (χ3v) is 10.5. The number of carbonyl (C=O) groups excluding carboxylic acids is 2. The number of hydrogen-bond donors (Lipinski definition) is 2. The summed E-state index contributed by atoms with van der Waals surface area (Å²) >= 11 is 0. The summed E-state index contributed by atoms with van der Waals surface area (Å²) in [4.78, 5) is 34.9. The minimum Gasteiger partial charge on any atom is -0.462 e. The quantitative estimate of drug-likeness (QED) is 0.0203. The molecule has 0 bridgehead atoms. The standard InChI is InChI=1S/C47H84NO8P/c1-3-5-7-9-11-13-15-17-18-19-20-21-22-23-24-25-26-28-29-31-33-35-37-39-46(49)53-43-45(44-55-57(51,52)54-42-41-48)56-47(50)40-38-36-34-32-30-27-16-14-12-10-8-6-4-2/h6,8,10,12,14,16,23-24,27,30,45H,3-5,7,9,11,13,15,17-22,25-26,28-29,31-44,48H2,1-2H3,(H,51,52)/b8-6+,12-10+,16-14+,24-23+,30-27+. The second kappa shape index (κ2) is 43.3. The van der Waals surface area contributed by atoms with Gasteiger partial charge in [-0.2, -0.15) is 0 Å². The summed E-state index contributed by atoms with van der Waals surface area (Å²) in [6, 6.07) is 0. The molecule has 330 valence electrons. The van der Waals surface area contributed by atoms with Gasteiger partial charge in [-0.05, 0) is 57.8 Å². The Hall–Kier alpha value is -2.29. The minimum absolute atomic E-state index is 0.0436. The molecule has 2 unspecified atom stereocenters. The first-order valence-electron chi connectivity index (χ1n) is 22.8. The van der Waals surface area contributed by atoms with Crippen molar-refractivity contribution in [3.8, 4) is 0 Å². The number of phosphoric acid groups is 1. The highest BCUT2D eigenvalue weighted by Gasteiger charge is 2.26. The maximum atomic E-state index is 12.5. The Bertz CT molecular complexity index is 1120. The van der Waals surface area contributed by atoms with Crippen LogP contribution in [0.3, 0.4) is 0 Å². The maximum absolute atomic E-state index is 12.5. The molecule has 0 fully saturated rings. The van der Waals surface area contributed by atoms with Crippen LogP contribution in [-0.2, 0) is 32.7 Å². The maximum Gasteiger partial charge on any atom is 0.472 e. The van der Waals surface area contributed by atoms with Crippen LogP contribution in [0.25, 0.3) is 0 Å². The van der Waals surface area contributed by atoms with Crippen LogP contribution in [0.4, 0.5) is 0 Å². The number of allylic oxidation sites excluding steroid dienone is 10.